The summed E-state index contributed by atoms with van der Waals surface area (Å²) in [6, 6.07) is -0.988. The van der Waals surface area contributed by atoms with E-state index in [4.69, 9.17) is 10.8 Å². The van der Waals surface area contributed by atoms with Crippen molar-refractivity contribution in [3.63, 3.8) is 0 Å². The Morgan fingerprint density at radius 3 is 1.95 bits per heavy atom. The van der Waals surface area contributed by atoms with E-state index in [-0.39, 0.29) is 12.1 Å². The summed E-state index contributed by atoms with van der Waals surface area (Å²) in [6.07, 6.45) is -13.0. The first-order valence-electron chi connectivity index (χ1n) is 4.81. The fourth-order valence-corrected chi connectivity index (χ4v) is 1.35. The fourth-order valence-electron chi connectivity index (χ4n) is 1.35. The van der Waals surface area contributed by atoms with Crippen LogP contribution in [-0.4, -0.2) is 17.4 Å². The molecule has 0 saturated heterocycles. The van der Waals surface area contributed by atoms with Gasteiger partial charge in [-0.2, -0.15) is 26.3 Å². The summed E-state index contributed by atoms with van der Waals surface area (Å²) in [6.45, 7) is 0. The van der Waals surface area contributed by atoms with Crippen molar-refractivity contribution in [1.82, 2.24) is 0 Å². The highest BCUT2D eigenvalue weighted by Gasteiger charge is 2.43. The van der Waals surface area contributed by atoms with Gasteiger partial charge in [-0.1, -0.05) is 6.07 Å². The highest BCUT2D eigenvalue weighted by Crippen LogP contribution is 2.34. The van der Waals surface area contributed by atoms with Crippen molar-refractivity contribution in [1.29, 1.82) is 0 Å². The lowest BCUT2D eigenvalue weighted by atomic mass is 10.00. The van der Waals surface area contributed by atoms with E-state index in [2.05, 4.69) is 0 Å². The third-order valence-corrected chi connectivity index (χ3v) is 2.36. The molecule has 9 heteroatoms. The topological polar surface area (TPSA) is 46.2 Å². The van der Waals surface area contributed by atoms with E-state index in [9.17, 15) is 30.7 Å². The van der Waals surface area contributed by atoms with Crippen LogP contribution in [0.4, 0.5) is 30.7 Å². The molecule has 0 radical (unpaired) electrons. The maximum absolute atomic E-state index is 13.1. The Balaban J connectivity index is 3.08. The van der Waals surface area contributed by atoms with Crippen LogP contribution in [0.3, 0.4) is 0 Å². The van der Waals surface area contributed by atoms with Crippen LogP contribution in [0.2, 0.25) is 0 Å². The molecule has 0 aliphatic rings. The zero-order valence-corrected chi connectivity index (χ0v) is 9.06. The minimum absolute atomic E-state index is 0.225. The lowest BCUT2D eigenvalue weighted by Gasteiger charge is -2.22. The summed E-state index contributed by atoms with van der Waals surface area (Å²) < 4.78 is 86.3. The van der Waals surface area contributed by atoms with Gasteiger partial charge >= 0.3 is 12.4 Å². The van der Waals surface area contributed by atoms with Crippen molar-refractivity contribution >= 4 is 0 Å². The first-order chi connectivity index (χ1) is 8.44. The molecular weight excluding hydrogens is 283 g/mol. The van der Waals surface area contributed by atoms with Gasteiger partial charge in [0, 0.05) is 0 Å². The number of hydrogen-bond donors (Lipinski definition) is 2. The first-order valence-corrected chi connectivity index (χ1v) is 4.81. The van der Waals surface area contributed by atoms with Crippen LogP contribution in [-0.2, 0) is 6.18 Å². The van der Waals surface area contributed by atoms with Gasteiger partial charge in [0.25, 0.3) is 0 Å². The van der Waals surface area contributed by atoms with E-state index in [0.29, 0.717) is 6.07 Å². The molecule has 0 heterocycles. The molecule has 1 aromatic carbocycles. The van der Waals surface area contributed by atoms with Gasteiger partial charge in [0.15, 0.2) is 6.10 Å². The third kappa shape index (κ3) is 3.57. The second-order valence-electron chi connectivity index (χ2n) is 3.75. The molecule has 0 aromatic heterocycles. The van der Waals surface area contributed by atoms with E-state index in [0.717, 1.165) is 0 Å². The van der Waals surface area contributed by atoms with E-state index < -0.39 is 41.4 Å². The Hall–Kier alpha value is -1.35. The van der Waals surface area contributed by atoms with Crippen LogP contribution in [0, 0.1) is 5.82 Å². The van der Waals surface area contributed by atoms with Crippen molar-refractivity contribution in [2.75, 3.05) is 0 Å². The Kier molecular flexibility index (Phi) is 4.11. The third-order valence-electron chi connectivity index (χ3n) is 2.36. The van der Waals surface area contributed by atoms with Crippen LogP contribution in [0.25, 0.3) is 0 Å². The maximum atomic E-state index is 13.1. The highest BCUT2D eigenvalue weighted by molar-refractivity contribution is 5.29. The Morgan fingerprint density at radius 1 is 1.05 bits per heavy atom. The number of hydrogen-bond acceptors (Lipinski definition) is 2. The van der Waals surface area contributed by atoms with Gasteiger partial charge < -0.3 is 10.8 Å². The van der Waals surface area contributed by atoms with E-state index in [1.807, 2.05) is 0 Å². The summed E-state index contributed by atoms with van der Waals surface area (Å²) in [7, 11) is 0. The molecular formula is C10H8F7NO. The molecule has 0 aliphatic heterocycles. The molecule has 0 fully saturated rings. The molecule has 1 aromatic rings. The minimum atomic E-state index is -5.06. The van der Waals surface area contributed by atoms with Gasteiger partial charge in [-0.25, -0.2) is 4.39 Å². The predicted molar refractivity (Wildman–Crippen MR) is 50.4 cm³/mol. The highest BCUT2D eigenvalue weighted by atomic mass is 19.4. The molecule has 0 amide bonds. The molecule has 2 nitrogen and oxygen atoms in total. The second kappa shape index (κ2) is 4.97. The van der Waals surface area contributed by atoms with Gasteiger partial charge in [0.05, 0.1) is 11.6 Å². The van der Waals surface area contributed by atoms with Crippen molar-refractivity contribution < 1.29 is 35.8 Å². The average molecular weight is 291 g/mol. The number of halogens is 7. The van der Waals surface area contributed by atoms with Crippen LogP contribution in [0.1, 0.15) is 17.2 Å². The minimum Gasteiger partial charge on any atom is -0.382 e. The average Bonchev–Trinajstić information content (AvgIpc) is 2.23. The van der Waals surface area contributed by atoms with Crippen molar-refractivity contribution in [2.45, 2.75) is 24.5 Å². The molecule has 3 N–H and O–H groups in total. The number of rotatable bonds is 2. The second-order valence-corrected chi connectivity index (χ2v) is 3.75. The van der Waals surface area contributed by atoms with Crippen LogP contribution in [0.5, 0.6) is 0 Å². The maximum Gasteiger partial charge on any atom is 0.419 e. The normalized spacial score (nSPS) is 16.3. The van der Waals surface area contributed by atoms with Crippen molar-refractivity contribution in [2.24, 2.45) is 5.73 Å². The molecule has 0 saturated carbocycles. The van der Waals surface area contributed by atoms with Gasteiger partial charge in [-0.15, -0.1) is 0 Å². The summed E-state index contributed by atoms with van der Waals surface area (Å²) in [4.78, 5) is 0. The smallest absolute Gasteiger partial charge is 0.382 e. The van der Waals surface area contributed by atoms with Gasteiger partial charge in [0.1, 0.15) is 5.82 Å². The standard InChI is InChI=1S/C10H8F7NO/c11-6-3-4(1-2-5(6)9(12,13)14)7(18)8(19)10(15,16)17/h1-3,7-8,19H,18H2/t7-,8-/m0/s1. The zero-order valence-electron chi connectivity index (χ0n) is 9.06. The Morgan fingerprint density at radius 2 is 1.58 bits per heavy atom. The lowest BCUT2D eigenvalue weighted by molar-refractivity contribution is -0.210. The fraction of sp³-hybridized carbons (Fsp3) is 0.400. The van der Waals surface area contributed by atoms with Crippen LogP contribution < -0.4 is 5.73 Å². The number of nitrogens with two attached hydrogens (primary N) is 1. The number of aliphatic hydroxyl groups excluding tert-OH is 1. The summed E-state index contributed by atoms with van der Waals surface area (Å²) in [5.74, 6) is -1.75. The largest absolute Gasteiger partial charge is 0.419 e. The Bertz CT molecular complexity index is 454. The molecule has 0 aliphatic carbocycles. The quantitative estimate of drug-likeness (QED) is 0.823. The van der Waals surface area contributed by atoms with Crippen molar-refractivity contribution in [3.05, 3.63) is 35.1 Å². The van der Waals surface area contributed by atoms with E-state index >= 15 is 0 Å². The van der Waals surface area contributed by atoms with Gasteiger partial charge in [-0.05, 0) is 17.7 Å². The molecule has 0 unspecified atom stereocenters. The van der Waals surface area contributed by atoms with Gasteiger partial charge in [-0.3, -0.25) is 0 Å². The summed E-state index contributed by atoms with van der Waals surface area (Å²) in [5, 5.41) is 8.83. The van der Waals surface area contributed by atoms with Crippen molar-refractivity contribution in [3.8, 4) is 0 Å². The Labute approximate surface area is 102 Å². The predicted octanol–water partition coefficient (Wildman–Crippen LogP) is 2.77. The molecule has 2 atom stereocenters. The monoisotopic (exact) mass is 291 g/mol. The SMILES string of the molecule is N[C@@H](c1ccc(C(F)(F)F)c(F)c1)[C@H](O)C(F)(F)F. The molecule has 19 heavy (non-hydrogen) atoms. The first kappa shape index (κ1) is 15.7. The number of alkyl halides is 6. The number of benzene rings is 1. The summed E-state index contributed by atoms with van der Waals surface area (Å²) >= 11 is 0. The van der Waals surface area contributed by atoms with Crippen LogP contribution >= 0.6 is 0 Å². The summed E-state index contributed by atoms with van der Waals surface area (Å²) in [5.41, 5.74) is 2.83. The molecule has 0 spiro atoms. The molecule has 0 bridgehead atoms. The lowest BCUT2D eigenvalue weighted by Crippen LogP contribution is -2.38. The number of aliphatic hydroxyl groups is 1. The molecule has 108 valence electrons. The van der Waals surface area contributed by atoms with E-state index in [1.54, 1.807) is 0 Å². The van der Waals surface area contributed by atoms with E-state index in [1.165, 1.54) is 0 Å². The van der Waals surface area contributed by atoms with Crippen LogP contribution in [0.15, 0.2) is 18.2 Å². The zero-order chi connectivity index (χ0) is 15.0. The molecule has 1 rings (SSSR count). The van der Waals surface area contributed by atoms with Gasteiger partial charge in [0.2, 0.25) is 0 Å².